The molecule has 0 atom stereocenters. The molecule has 0 spiro atoms. The summed E-state index contributed by atoms with van der Waals surface area (Å²) in [6, 6.07) is 13.9. The van der Waals surface area contributed by atoms with E-state index in [1.807, 2.05) is 30.3 Å². The molecule has 0 aromatic heterocycles. The van der Waals surface area contributed by atoms with Gasteiger partial charge < -0.3 is 9.80 Å². The lowest BCUT2D eigenvalue weighted by molar-refractivity contribution is -0.185. The second-order valence-electron chi connectivity index (χ2n) is 7.34. The normalized spacial score (nSPS) is 17.7. The van der Waals surface area contributed by atoms with E-state index >= 15 is 0 Å². The Morgan fingerprint density at radius 1 is 1.00 bits per heavy atom. The van der Waals surface area contributed by atoms with Crippen LogP contribution >= 0.6 is 11.6 Å². The SMILES string of the molecule is O=C(N1CCc2ccc(Cl)c(N3CC(c4ccccc4)C3)c2CC1)C(F)(F)F. The van der Waals surface area contributed by atoms with E-state index in [9.17, 15) is 18.0 Å². The maximum Gasteiger partial charge on any atom is 0.471 e. The van der Waals surface area contributed by atoms with Crippen LogP contribution in [0.3, 0.4) is 0 Å². The summed E-state index contributed by atoms with van der Waals surface area (Å²) in [5.74, 6) is -1.34. The molecule has 1 fully saturated rings. The third kappa shape index (κ3) is 3.58. The van der Waals surface area contributed by atoms with E-state index in [2.05, 4.69) is 17.0 Å². The third-order valence-electron chi connectivity index (χ3n) is 5.61. The molecular formula is C21H20ClF3N2O. The van der Waals surface area contributed by atoms with Gasteiger partial charge in [-0.2, -0.15) is 13.2 Å². The molecule has 1 amide bonds. The van der Waals surface area contributed by atoms with Crippen molar-refractivity contribution in [2.75, 3.05) is 31.1 Å². The minimum absolute atomic E-state index is 0.0502. The number of halogens is 4. The van der Waals surface area contributed by atoms with Crippen molar-refractivity contribution in [1.82, 2.24) is 4.90 Å². The van der Waals surface area contributed by atoms with Crippen LogP contribution in [0, 0.1) is 0 Å². The van der Waals surface area contributed by atoms with E-state index in [-0.39, 0.29) is 13.1 Å². The average Bonchev–Trinajstić information content (AvgIpc) is 2.84. The van der Waals surface area contributed by atoms with E-state index < -0.39 is 12.1 Å². The van der Waals surface area contributed by atoms with Gasteiger partial charge in [0.2, 0.25) is 0 Å². The van der Waals surface area contributed by atoms with Crippen molar-refractivity contribution >= 4 is 23.2 Å². The average molecular weight is 409 g/mol. The Labute approximate surface area is 166 Å². The molecule has 0 radical (unpaired) electrons. The predicted molar refractivity (Wildman–Crippen MR) is 103 cm³/mol. The number of nitrogens with zero attached hydrogens (tertiary/aromatic N) is 2. The summed E-state index contributed by atoms with van der Waals surface area (Å²) in [6.07, 6.45) is -4.06. The maximum absolute atomic E-state index is 12.8. The Bertz CT molecular complexity index is 879. The molecule has 1 saturated heterocycles. The Morgan fingerprint density at radius 2 is 1.68 bits per heavy atom. The molecule has 148 valence electrons. The van der Waals surface area contributed by atoms with Crippen molar-refractivity contribution in [3.05, 3.63) is 64.2 Å². The molecule has 2 aliphatic rings. The zero-order valence-electron chi connectivity index (χ0n) is 15.2. The Kier molecular flexibility index (Phi) is 5.00. The highest BCUT2D eigenvalue weighted by molar-refractivity contribution is 6.33. The summed E-state index contributed by atoms with van der Waals surface area (Å²) >= 11 is 6.49. The molecular weight excluding hydrogens is 389 g/mol. The van der Waals surface area contributed by atoms with Gasteiger partial charge in [0.05, 0.1) is 10.7 Å². The van der Waals surface area contributed by atoms with Crippen molar-refractivity contribution in [3.63, 3.8) is 0 Å². The predicted octanol–water partition coefficient (Wildman–Crippen LogP) is 4.43. The molecule has 0 bridgehead atoms. The van der Waals surface area contributed by atoms with Gasteiger partial charge in [0, 0.05) is 32.1 Å². The van der Waals surface area contributed by atoms with Gasteiger partial charge in [0.25, 0.3) is 0 Å². The number of benzene rings is 2. The molecule has 2 heterocycles. The van der Waals surface area contributed by atoms with Crippen molar-refractivity contribution < 1.29 is 18.0 Å². The van der Waals surface area contributed by atoms with Crippen molar-refractivity contribution in [2.24, 2.45) is 0 Å². The monoisotopic (exact) mass is 408 g/mol. The van der Waals surface area contributed by atoms with E-state index in [1.54, 1.807) is 0 Å². The molecule has 7 heteroatoms. The molecule has 0 aliphatic carbocycles. The van der Waals surface area contributed by atoms with E-state index in [1.165, 1.54) is 5.56 Å². The quantitative estimate of drug-likeness (QED) is 0.733. The smallest absolute Gasteiger partial charge is 0.369 e. The van der Waals surface area contributed by atoms with Gasteiger partial charge in [0.1, 0.15) is 0 Å². The van der Waals surface area contributed by atoms with Gasteiger partial charge in [-0.1, -0.05) is 48.0 Å². The van der Waals surface area contributed by atoms with E-state index in [4.69, 9.17) is 11.6 Å². The van der Waals surface area contributed by atoms with Crippen molar-refractivity contribution in [1.29, 1.82) is 0 Å². The van der Waals surface area contributed by atoms with Crippen LogP contribution in [-0.2, 0) is 17.6 Å². The zero-order chi connectivity index (χ0) is 19.9. The highest BCUT2D eigenvalue weighted by Crippen LogP contribution is 2.40. The van der Waals surface area contributed by atoms with Gasteiger partial charge in [0.15, 0.2) is 0 Å². The third-order valence-corrected chi connectivity index (χ3v) is 5.92. The van der Waals surface area contributed by atoms with E-state index in [0.29, 0.717) is 23.8 Å². The lowest BCUT2D eigenvalue weighted by Crippen LogP contribution is -2.45. The molecule has 28 heavy (non-hydrogen) atoms. The molecule has 2 aliphatic heterocycles. The number of rotatable bonds is 2. The van der Waals surface area contributed by atoms with Crippen LogP contribution in [0.2, 0.25) is 5.02 Å². The first kappa shape index (κ1) is 19.1. The van der Waals surface area contributed by atoms with Crippen molar-refractivity contribution in [2.45, 2.75) is 24.9 Å². The van der Waals surface area contributed by atoms with Gasteiger partial charge in [-0.3, -0.25) is 4.79 Å². The number of alkyl halides is 3. The Balaban J connectivity index is 1.54. The van der Waals surface area contributed by atoms with Crippen molar-refractivity contribution in [3.8, 4) is 0 Å². The van der Waals surface area contributed by atoms with E-state index in [0.717, 1.165) is 34.8 Å². The van der Waals surface area contributed by atoms with Crippen LogP contribution < -0.4 is 4.90 Å². The second-order valence-corrected chi connectivity index (χ2v) is 7.74. The fraction of sp³-hybridized carbons (Fsp3) is 0.381. The molecule has 4 rings (SSSR count). The maximum atomic E-state index is 12.8. The Hall–Kier alpha value is -2.21. The first-order valence-corrected chi connectivity index (χ1v) is 9.68. The number of hydrogen-bond donors (Lipinski definition) is 0. The van der Waals surface area contributed by atoms with Crippen LogP contribution in [0.4, 0.5) is 18.9 Å². The first-order valence-electron chi connectivity index (χ1n) is 9.31. The highest BCUT2D eigenvalue weighted by Gasteiger charge is 2.43. The molecule has 0 N–H and O–H groups in total. The molecule has 0 unspecified atom stereocenters. The first-order chi connectivity index (χ1) is 13.3. The van der Waals surface area contributed by atoms with Gasteiger partial charge >= 0.3 is 12.1 Å². The Morgan fingerprint density at radius 3 is 2.36 bits per heavy atom. The van der Waals surface area contributed by atoms with Gasteiger partial charge in [-0.05, 0) is 35.6 Å². The molecule has 2 aromatic rings. The topological polar surface area (TPSA) is 23.6 Å². The number of carbonyl (C=O) groups excluding carboxylic acids is 1. The van der Waals surface area contributed by atoms with Gasteiger partial charge in [-0.15, -0.1) is 0 Å². The molecule has 2 aromatic carbocycles. The fourth-order valence-corrected chi connectivity index (χ4v) is 4.39. The standard InChI is InChI=1S/C21H20ClF3N2O/c22-18-7-6-15-8-10-26(20(28)21(23,24)25)11-9-17(15)19(18)27-12-16(13-27)14-4-2-1-3-5-14/h1-7,16H,8-13H2. The number of carbonyl (C=O) groups is 1. The summed E-state index contributed by atoms with van der Waals surface area (Å²) in [5, 5.41) is 0.612. The number of anilines is 1. The number of fused-ring (bicyclic) bond motifs is 1. The summed E-state index contributed by atoms with van der Waals surface area (Å²) in [7, 11) is 0. The minimum Gasteiger partial charge on any atom is -0.369 e. The van der Waals surface area contributed by atoms with Crippen LogP contribution in [0.1, 0.15) is 22.6 Å². The minimum atomic E-state index is -4.84. The van der Waals surface area contributed by atoms with Crippen LogP contribution in [0.25, 0.3) is 0 Å². The van der Waals surface area contributed by atoms with Crippen LogP contribution in [-0.4, -0.2) is 43.2 Å². The zero-order valence-corrected chi connectivity index (χ0v) is 15.9. The largest absolute Gasteiger partial charge is 0.471 e. The summed E-state index contributed by atoms with van der Waals surface area (Å²) < 4.78 is 38.4. The lowest BCUT2D eigenvalue weighted by Gasteiger charge is -2.43. The molecule has 3 nitrogen and oxygen atoms in total. The second kappa shape index (κ2) is 7.32. The number of amides is 1. The lowest BCUT2D eigenvalue weighted by atomic mass is 9.89. The molecule has 0 saturated carbocycles. The summed E-state index contributed by atoms with van der Waals surface area (Å²) in [6.45, 7) is 1.77. The fourth-order valence-electron chi connectivity index (χ4n) is 4.10. The highest BCUT2D eigenvalue weighted by atomic mass is 35.5. The van der Waals surface area contributed by atoms with Crippen LogP contribution in [0.15, 0.2) is 42.5 Å². The summed E-state index contributed by atoms with van der Waals surface area (Å²) in [5.41, 5.74) is 4.13. The van der Waals surface area contributed by atoms with Crippen LogP contribution in [0.5, 0.6) is 0 Å². The van der Waals surface area contributed by atoms with Gasteiger partial charge in [-0.25, -0.2) is 0 Å². The number of hydrogen-bond acceptors (Lipinski definition) is 2. The summed E-state index contributed by atoms with van der Waals surface area (Å²) in [4.78, 5) is 14.7.